The van der Waals surface area contributed by atoms with Crippen LogP contribution in [0.4, 0.5) is 4.39 Å². The van der Waals surface area contributed by atoms with Crippen molar-refractivity contribution in [3.8, 4) is 0 Å². The van der Waals surface area contributed by atoms with Gasteiger partial charge in [-0.05, 0) is 18.4 Å². The normalized spacial score (nSPS) is 12.5. The van der Waals surface area contributed by atoms with E-state index >= 15 is 0 Å². The zero-order valence-electron chi connectivity index (χ0n) is 14.6. The molecule has 138 valence electrons. The topological polar surface area (TPSA) is 43.6 Å². The molecule has 7 heteroatoms. The fraction of sp³-hybridized carbons (Fsp3) is 0.556. The van der Waals surface area contributed by atoms with Crippen molar-refractivity contribution in [2.45, 2.75) is 50.8 Å². The largest absolute Gasteiger partial charge is 0.465 e. The molecule has 0 aliphatic heterocycles. The molecule has 1 unspecified atom stereocenters. The minimum Gasteiger partial charge on any atom is -0.465 e. The number of hydrogen-bond acceptors (Lipinski definition) is 4. The number of aromatic nitrogens is 2. The molecule has 1 atom stereocenters. The highest BCUT2D eigenvalue weighted by Crippen LogP contribution is 2.30. The number of hydrogen-bond donors (Lipinski definition) is 0. The second-order valence-electron chi connectivity index (χ2n) is 5.99. The van der Waals surface area contributed by atoms with Crippen LogP contribution in [0.25, 0.3) is 5.65 Å². The molecule has 0 fully saturated rings. The number of ether oxygens (including phenoxy) is 1. The summed E-state index contributed by atoms with van der Waals surface area (Å²) >= 11 is 7.70. The number of thioether (sulfide) groups is 1. The van der Waals surface area contributed by atoms with E-state index in [2.05, 4.69) is 18.8 Å². The van der Waals surface area contributed by atoms with Crippen molar-refractivity contribution in [3.63, 3.8) is 0 Å². The van der Waals surface area contributed by atoms with Gasteiger partial charge >= 0.3 is 5.97 Å². The van der Waals surface area contributed by atoms with Gasteiger partial charge in [-0.2, -0.15) is 9.37 Å². The second kappa shape index (κ2) is 10.0. The zero-order chi connectivity index (χ0) is 18.2. The Labute approximate surface area is 157 Å². The summed E-state index contributed by atoms with van der Waals surface area (Å²) in [5.74, 6) is 0.250. The molecule has 0 saturated carbocycles. The molecule has 25 heavy (non-hydrogen) atoms. The molecule has 0 radical (unpaired) electrons. The fourth-order valence-corrected chi connectivity index (χ4v) is 3.74. The maximum atomic E-state index is 13.2. The van der Waals surface area contributed by atoms with Gasteiger partial charge in [0.2, 0.25) is 5.95 Å². The summed E-state index contributed by atoms with van der Waals surface area (Å²) in [7, 11) is 0. The number of carbonyl (C=O) groups excluding carboxylic acids is 1. The van der Waals surface area contributed by atoms with Crippen molar-refractivity contribution in [2.75, 3.05) is 12.4 Å². The van der Waals surface area contributed by atoms with E-state index < -0.39 is 5.95 Å². The van der Waals surface area contributed by atoms with E-state index in [4.69, 9.17) is 16.3 Å². The molecule has 0 aliphatic carbocycles. The molecule has 4 nitrogen and oxygen atoms in total. The summed E-state index contributed by atoms with van der Waals surface area (Å²) < 4.78 is 20.1. The third kappa shape index (κ3) is 5.89. The number of imidazole rings is 1. The van der Waals surface area contributed by atoms with Crippen LogP contribution in [0.1, 0.15) is 46.0 Å². The Kier molecular flexibility index (Phi) is 8.03. The molecule has 2 rings (SSSR count). The van der Waals surface area contributed by atoms with Crippen molar-refractivity contribution >= 4 is 35.0 Å². The Morgan fingerprint density at radius 3 is 3.00 bits per heavy atom. The standard InChI is InChI=1S/C18H24ClFN2O2S/c1-3-5-6-13(4-2)12-24-16(23)8-10-25-14-7-9-22-11-15(20)21-18(22)17(14)19/h7,9,11,13H,3-6,8,10,12H2,1-2H3. The van der Waals surface area contributed by atoms with Crippen molar-refractivity contribution in [2.24, 2.45) is 5.92 Å². The number of esters is 1. The number of pyridine rings is 1. The van der Waals surface area contributed by atoms with Gasteiger partial charge < -0.3 is 9.14 Å². The van der Waals surface area contributed by atoms with E-state index in [1.54, 1.807) is 12.3 Å². The van der Waals surface area contributed by atoms with Crippen LogP contribution in [0, 0.1) is 11.9 Å². The molecule has 0 N–H and O–H groups in total. The van der Waals surface area contributed by atoms with E-state index in [1.165, 1.54) is 28.8 Å². The van der Waals surface area contributed by atoms with E-state index in [9.17, 15) is 9.18 Å². The van der Waals surface area contributed by atoms with Crippen LogP contribution < -0.4 is 0 Å². The number of carbonyl (C=O) groups is 1. The van der Waals surface area contributed by atoms with Gasteiger partial charge in [-0.1, -0.05) is 44.7 Å². The predicted octanol–water partition coefficient (Wildman–Crippen LogP) is 5.37. The lowest BCUT2D eigenvalue weighted by atomic mass is 10.0. The third-order valence-corrected chi connectivity index (χ3v) is 5.63. The molecule has 0 amide bonds. The molecular formula is C18H24ClFN2O2S. The Bertz CT molecular complexity index is 708. The van der Waals surface area contributed by atoms with Gasteiger partial charge in [0.05, 0.1) is 24.2 Å². The molecule has 2 aromatic rings. The van der Waals surface area contributed by atoms with Crippen molar-refractivity contribution in [3.05, 3.63) is 29.4 Å². The lowest BCUT2D eigenvalue weighted by Gasteiger charge is -2.14. The summed E-state index contributed by atoms with van der Waals surface area (Å²) in [5, 5.41) is 0.398. The smallest absolute Gasteiger partial charge is 0.306 e. The minimum absolute atomic E-state index is 0.188. The van der Waals surface area contributed by atoms with Gasteiger partial charge in [-0.3, -0.25) is 4.79 Å². The highest BCUT2D eigenvalue weighted by Gasteiger charge is 2.12. The third-order valence-electron chi connectivity index (χ3n) is 4.09. The maximum absolute atomic E-state index is 13.2. The minimum atomic E-state index is -0.568. The SMILES string of the molecule is CCCCC(CC)COC(=O)CCSc1ccn2cc(F)nc2c1Cl. The molecule has 2 heterocycles. The zero-order valence-corrected chi connectivity index (χ0v) is 16.2. The van der Waals surface area contributed by atoms with E-state index in [0.29, 0.717) is 35.4 Å². The summed E-state index contributed by atoms with van der Waals surface area (Å²) in [6.07, 6.45) is 7.75. The molecule has 0 saturated heterocycles. The maximum Gasteiger partial charge on any atom is 0.306 e. The van der Waals surface area contributed by atoms with Crippen molar-refractivity contribution < 1.29 is 13.9 Å². The monoisotopic (exact) mass is 386 g/mol. The highest BCUT2D eigenvalue weighted by molar-refractivity contribution is 7.99. The van der Waals surface area contributed by atoms with Crippen LogP contribution in [-0.2, 0) is 9.53 Å². The van der Waals surface area contributed by atoms with Crippen LogP contribution in [0.2, 0.25) is 5.02 Å². The highest BCUT2D eigenvalue weighted by atomic mass is 35.5. The Balaban J connectivity index is 1.78. The molecule has 0 aromatic carbocycles. The predicted molar refractivity (Wildman–Crippen MR) is 99.8 cm³/mol. The van der Waals surface area contributed by atoms with Crippen LogP contribution in [-0.4, -0.2) is 27.7 Å². The summed E-state index contributed by atoms with van der Waals surface area (Å²) in [4.78, 5) is 16.4. The van der Waals surface area contributed by atoms with E-state index in [0.717, 1.165) is 24.2 Å². The second-order valence-corrected chi connectivity index (χ2v) is 7.50. The van der Waals surface area contributed by atoms with Crippen molar-refractivity contribution in [1.29, 1.82) is 0 Å². The first-order chi connectivity index (χ1) is 12.0. The van der Waals surface area contributed by atoms with Crippen LogP contribution in [0.5, 0.6) is 0 Å². The van der Waals surface area contributed by atoms with Crippen molar-refractivity contribution in [1.82, 2.24) is 9.38 Å². The summed E-state index contributed by atoms with van der Waals surface area (Å²) in [6, 6.07) is 1.80. The van der Waals surface area contributed by atoms with E-state index in [1.807, 2.05) is 0 Å². The molecular weight excluding hydrogens is 363 g/mol. The number of nitrogens with zero attached hydrogens (tertiary/aromatic N) is 2. The first-order valence-electron chi connectivity index (χ1n) is 8.66. The first kappa shape index (κ1) is 20.0. The lowest BCUT2D eigenvalue weighted by molar-refractivity contribution is -0.144. The molecule has 2 aromatic heterocycles. The number of rotatable bonds is 10. The Hall–Kier alpha value is -1.27. The quantitative estimate of drug-likeness (QED) is 0.406. The van der Waals surface area contributed by atoms with Gasteiger partial charge in [-0.15, -0.1) is 11.8 Å². The molecule has 0 aliphatic rings. The Morgan fingerprint density at radius 1 is 1.48 bits per heavy atom. The van der Waals surface area contributed by atoms with Crippen LogP contribution in [0.15, 0.2) is 23.4 Å². The average Bonchev–Trinajstić information content (AvgIpc) is 2.98. The number of halogens is 2. The molecule has 0 spiro atoms. The summed E-state index contributed by atoms with van der Waals surface area (Å²) in [6.45, 7) is 4.79. The van der Waals surface area contributed by atoms with Gasteiger partial charge in [-0.25, -0.2) is 0 Å². The van der Waals surface area contributed by atoms with Gasteiger partial charge in [0, 0.05) is 16.8 Å². The van der Waals surface area contributed by atoms with Gasteiger partial charge in [0.25, 0.3) is 0 Å². The summed E-state index contributed by atoms with van der Waals surface area (Å²) in [5.41, 5.74) is 0.383. The van der Waals surface area contributed by atoms with Crippen LogP contribution >= 0.6 is 23.4 Å². The van der Waals surface area contributed by atoms with Gasteiger partial charge in [0.1, 0.15) is 0 Å². The fourth-order valence-electron chi connectivity index (χ4n) is 2.51. The van der Waals surface area contributed by atoms with E-state index in [-0.39, 0.29) is 5.97 Å². The first-order valence-corrected chi connectivity index (χ1v) is 10.0. The number of fused-ring (bicyclic) bond motifs is 1. The lowest BCUT2D eigenvalue weighted by Crippen LogP contribution is -2.14. The molecule has 0 bridgehead atoms. The Morgan fingerprint density at radius 2 is 2.28 bits per heavy atom. The average molecular weight is 387 g/mol. The number of unbranched alkanes of at least 4 members (excludes halogenated alkanes) is 1. The van der Waals surface area contributed by atoms with Crippen LogP contribution in [0.3, 0.4) is 0 Å². The van der Waals surface area contributed by atoms with Gasteiger partial charge in [0.15, 0.2) is 5.65 Å².